The van der Waals surface area contributed by atoms with Gasteiger partial charge in [-0.3, -0.25) is 4.72 Å². The van der Waals surface area contributed by atoms with E-state index in [1.807, 2.05) is 4.72 Å². The van der Waals surface area contributed by atoms with Crippen LogP contribution in [0.1, 0.15) is 5.56 Å². The van der Waals surface area contributed by atoms with Gasteiger partial charge in [0.1, 0.15) is 11.6 Å². The summed E-state index contributed by atoms with van der Waals surface area (Å²) in [5.41, 5.74) is 0.451. The van der Waals surface area contributed by atoms with Crippen LogP contribution in [-0.4, -0.2) is 15.0 Å². The quantitative estimate of drug-likeness (QED) is 0.912. The molecule has 0 aromatic heterocycles. The van der Waals surface area contributed by atoms with Gasteiger partial charge in [0.15, 0.2) is 0 Å². The zero-order chi connectivity index (χ0) is 16.3. The van der Waals surface area contributed by atoms with Crippen molar-refractivity contribution in [3.63, 3.8) is 0 Å². The molecule has 0 atom stereocenters. The number of hydrogen-bond acceptors (Lipinski definition) is 3. The maximum absolute atomic E-state index is 13.2. The van der Waals surface area contributed by atoms with E-state index in [4.69, 9.17) is 0 Å². The van der Waals surface area contributed by atoms with Gasteiger partial charge in [0.05, 0.1) is 10.6 Å². The van der Waals surface area contributed by atoms with Gasteiger partial charge in [-0.15, -0.1) is 0 Å². The van der Waals surface area contributed by atoms with Gasteiger partial charge in [-0.25, -0.2) is 12.8 Å². The topological polar surface area (TPSA) is 55.4 Å². The van der Waals surface area contributed by atoms with Gasteiger partial charge >= 0.3 is 6.61 Å². The van der Waals surface area contributed by atoms with E-state index in [9.17, 15) is 21.6 Å². The predicted octanol–water partition coefficient (Wildman–Crippen LogP) is 3.54. The minimum Gasteiger partial charge on any atom is -0.433 e. The summed E-state index contributed by atoms with van der Waals surface area (Å²) in [7, 11) is -4.05. The lowest BCUT2D eigenvalue weighted by molar-refractivity contribution is -0.0493. The fraction of sp³-hybridized carbons (Fsp3) is 0.143. The summed E-state index contributed by atoms with van der Waals surface area (Å²) in [5, 5.41) is 0. The number of anilines is 1. The van der Waals surface area contributed by atoms with Crippen molar-refractivity contribution in [1.29, 1.82) is 0 Å². The number of benzene rings is 2. The van der Waals surface area contributed by atoms with Gasteiger partial charge < -0.3 is 4.74 Å². The van der Waals surface area contributed by atoms with Gasteiger partial charge in [-0.2, -0.15) is 8.78 Å². The lowest BCUT2D eigenvalue weighted by Gasteiger charge is -2.13. The molecule has 0 unspecified atom stereocenters. The molecule has 0 spiro atoms. The fourth-order valence-electron chi connectivity index (χ4n) is 1.70. The molecule has 0 saturated heterocycles. The zero-order valence-electron chi connectivity index (χ0n) is 11.4. The van der Waals surface area contributed by atoms with Gasteiger partial charge in [-0.1, -0.05) is 17.7 Å². The molecule has 4 nitrogen and oxygen atoms in total. The molecule has 0 heterocycles. The number of alkyl halides is 2. The summed E-state index contributed by atoms with van der Waals surface area (Å²) in [6.07, 6.45) is 0. The Bertz CT molecular complexity index is 761. The van der Waals surface area contributed by atoms with Crippen molar-refractivity contribution < 1.29 is 26.3 Å². The summed E-state index contributed by atoms with van der Waals surface area (Å²) >= 11 is 0. The normalized spacial score (nSPS) is 11.5. The molecule has 0 aliphatic carbocycles. The number of ether oxygens (including phenoxy) is 1. The molecule has 0 aliphatic rings. The predicted molar refractivity (Wildman–Crippen MR) is 75.0 cm³/mol. The molecule has 0 radical (unpaired) electrons. The first-order chi connectivity index (χ1) is 10.3. The van der Waals surface area contributed by atoms with Crippen LogP contribution >= 0.6 is 0 Å². The minimum absolute atomic E-state index is 0.0784. The van der Waals surface area contributed by atoms with Gasteiger partial charge in [0, 0.05) is 6.07 Å². The Kier molecular flexibility index (Phi) is 4.60. The van der Waals surface area contributed by atoms with E-state index < -0.39 is 33.9 Å². The van der Waals surface area contributed by atoms with Crippen molar-refractivity contribution in [2.75, 3.05) is 4.72 Å². The summed E-state index contributed by atoms with van der Waals surface area (Å²) in [5.74, 6) is -1.25. The van der Waals surface area contributed by atoms with Crippen LogP contribution in [0.4, 0.5) is 18.9 Å². The van der Waals surface area contributed by atoms with Crippen molar-refractivity contribution in [3.05, 3.63) is 53.8 Å². The van der Waals surface area contributed by atoms with Crippen molar-refractivity contribution >= 4 is 15.7 Å². The molecule has 0 fully saturated rings. The molecule has 1 N–H and O–H groups in total. The SMILES string of the molecule is Cc1ccc(S(=O)(=O)Nc2cc(F)ccc2OC(F)F)cc1. The fourth-order valence-corrected chi connectivity index (χ4v) is 2.76. The van der Waals surface area contributed by atoms with E-state index in [0.29, 0.717) is 0 Å². The summed E-state index contributed by atoms with van der Waals surface area (Å²) in [4.78, 5) is -0.0784. The Balaban J connectivity index is 2.36. The third-order valence-corrected chi connectivity index (χ3v) is 4.11. The Morgan fingerprint density at radius 2 is 1.73 bits per heavy atom. The van der Waals surface area contributed by atoms with Crippen LogP contribution in [0.5, 0.6) is 5.75 Å². The van der Waals surface area contributed by atoms with E-state index in [2.05, 4.69) is 4.74 Å². The second kappa shape index (κ2) is 6.27. The summed E-state index contributed by atoms with van der Waals surface area (Å²) in [6, 6.07) is 8.45. The first kappa shape index (κ1) is 16.2. The lowest BCUT2D eigenvalue weighted by atomic mass is 10.2. The number of aryl methyl sites for hydroxylation is 1. The number of nitrogens with one attached hydrogen (secondary N) is 1. The number of rotatable bonds is 5. The highest BCUT2D eigenvalue weighted by molar-refractivity contribution is 7.92. The third kappa shape index (κ3) is 3.91. The third-order valence-electron chi connectivity index (χ3n) is 2.73. The van der Waals surface area contributed by atoms with Crippen molar-refractivity contribution in [1.82, 2.24) is 0 Å². The van der Waals surface area contributed by atoms with E-state index >= 15 is 0 Å². The first-order valence-corrected chi connectivity index (χ1v) is 7.60. The number of halogens is 3. The highest BCUT2D eigenvalue weighted by Crippen LogP contribution is 2.29. The second-order valence-corrected chi connectivity index (χ2v) is 6.12. The molecule has 2 aromatic rings. The van der Waals surface area contributed by atoms with E-state index in [1.165, 1.54) is 12.1 Å². The molecule has 118 valence electrons. The van der Waals surface area contributed by atoms with Crippen LogP contribution in [-0.2, 0) is 10.0 Å². The monoisotopic (exact) mass is 331 g/mol. The first-order valence-electron chi connectivity index (χ1n) is 6.12. The molecule has 2 rings (SSSR count). The van der Waals surface area contributed by atoms with E-state index in [0.717, 1.165) is 23.8 Å². The minimum atomic E-state index is -4.05. The average molecular weight is 331 g/mol. The van der Waals surface area contributed by atoms with Crippen LogP contribution in [0.3, 0.4) is 0 Å². The van der Waals surface area contributed by atoms with Crippen molar-refractivity contribution in [2.24, 2.45) is 0 Å². The van der Waals surface area contributed by atoms with Crippen LogP contribution in [0.25, 0.3) is 0 Å². The smallest absolute Gasteiger partial charge is 0.387 e. The highest BCUT2D eigenvalue weighted by atomic mass is 32.2. The highest BCUT2D eigenvalue weighted by Gasteiger charge is 2.18. The van der Waals surface area contributed by atoms with Gasteiger partial charge in [0.25, 0.3) is 10.0 Å². The van der Waals surface area contributed by atoms with Crippen LogP contribution < -0.4 is 9.46 Å². The average Bonchev–Trinajstić information content (AvgIpc) is 2.41. The van der Waals surface area contributed by atoms with Gasteiger partial charge in [0.2, 0.25) is 0 Å². The maximum Gasteiger partial charge on any atom is 0.387 e. The molecular formula is C14H12F3NO3S. The number of sulfonamides is 1. The molecule has 8 heteroatoms. The second-order valence-electron chi connectivity index (χ2n) is 4.44. The molecular weight excluding hydrogens is 319 g/mol. The number of hydrogen-bond donors (Lipinski definition) is 1. The van der Waals surface area contributed by atoms with Crippen LogP contribution in [0, 0.1) is 12.7 Å². The van der Waals surface area contributed by atoms with Crippen LogP contribution in [0.2, 0.25) is 0 Å². The van der Waals surface area contributed by atoms with Crippen molar-refractivity contribution in [3.8, 4) is 5.75 Å². The zero-order valence-corrected chi connectivity index (χ0v) is 12.2. The molecule has 0 saturated carbocycles. The molecule has 0 bridgehead atoms. The van der Waals surface area contributed by atoms with Crippen LogP contribution in [0.15, 0.2) is 47.4 Å². The summed E-state index contributed by atoms with van der Waals surface area (Å²) < 4.78 is 68.4. The molecule has 0 amide bonds. The largest absolute Gasteiger partial charge is 0.433 e. The van der Waals surface area contributed by atoms with E-state index in [1.54, 1.807) is 19.1 Å². The lowest BCUT2D eigenvalue weighted by Crippen LogP contribution is -2.15. The Morgan fingerprint density at radius 1 is 1.09 bits per heavy atom. The molecule has 2 aromatic carbocycles. The van der Waals surface area contributed by atoms with E-state index in [-0.39, 0.29) is 4.90 Å². The maximum atomic E-state index is 13.2. The molecule has 0 aliphatic heterocycles. The Hall–Kier alpha value is -2.22. The van der Waals surface area contributed by atoms with Crippen molar-refractivity contribution in [2.45, 2.75) is 18.4 Å². The van der Waals surface area contributed by atoms with Gasteiger partial charge in [-0.05, 0) is 31.2 Å². The summed E-state index contributed by atoms with van der Waals surface area (Å²) in [6.45, 7) is -1.38. The molecule has 22 heavy (non-hydrogen) atoms. The Morgan fingerprint density at radius 3 is 2.32 bits per heavy atom. The Labute approximate surface area is 125 Å². The standard InChI is InChI=1S/C14H12F3NO3S/c1-9-2-5-11(6-3-9)22(19,20)18-12-8-10(15)4-7-13(12)21-14(16)17/h2-8,14,18H,1H3.